The number of fused-ring (bicyclic) bond motifs is 4. The first-order valence-corrected chi connectivity index (χ1v) is 12.5. The lowest BCUT2D eigenvalue weighted by atomic mass is 9.86. The molecule has 0 aliphatic carbocycles. The third-order valence-corrected chi connectivity index (χ3v) is 7.60. The van der Waals surface area contributed by atoms with Crippen LogP contribution >= 0.6 is 0 Å². The lowest BCUT2D eigenvalue weighted by Gasteiger charge is -2.38. The number of carbonyl (C=O) groups is 1. The Labute approximate surface area is 211 Å². The van der Waals surface area contributed by atoms with Gasteiger partial charge in [-0.2, -0.15) is 0 Å². The predicted molar refractivity (Wildman–Crippen MR) is 139 cm³/mol. The molecule has 2 N–H and O–H groups in total. The Hall–Kier alpha value is -3.55. The van der Waals surface area contributed by atoms with Crippen LogP contribution in [0.4, 0.5) is 0 Å². The van der Waals surface area contributed by atoms with Gasteiger partial charge in [-0.05, 0) is 43.2 Å². The van der Waals surface area contributed by atoms with Gasteiger partial charge in [-0.3, -0.25) is 19.5 Å². The number of benzene rings is 1. The molecule has 0 saturated carbocycles. The van der Waals surface area contributed by atoms with Gasteiger partial charge in [-0.15, -0.1) is 0 Å². The maximum absolute atomic E-state index is 13.8. The van der Waals surface area contributed by atoms with Gasteiger partial charge in [0, 0.05) is 55.3 Å². The van der Waals surface area contributed by atoms with Crippen LogP contribution in [0.25, 0.3) is 6.08 Å². The summed E-state index contributed by atoms with van der Waals surface area (Å²) in [5.74, 6) is -0.907. The number of amides is 1. The molecule has 1 aromatic carbocycles. The van der Waals surface area contributed by atoms with Gasteiger partial charge in [0.1, 0.15) is 0 Å². The number of hydrogen-bond acceptors (Lipinski definition) is 5. The average Bonchev–Trinajstić information content (AvgIpc) is 3.10. The molecule has 1 fully saturated rings. The van der Waals surface area contributed by atoms with Crippen LogP contribution in [0.2, 0.25) is 0 Å². The van der Waals surface area contributed by atoms with Crippen LogP contribution in [0.3, 0.4) is 0 Å². The molecule has 1 saturated heterocycles. The Morgan fingerprint density at radius 1 is 1.19 bits per heavy atom. The van der Waals surface area contributed by atoms with Crippen molar-refractivity contribution in [3.8, 4) is 0 Å². The second-order valence-electron chi connectivity index (χ2n) is 9.69. The first kappa shape index (κ1) is 24.2. The number of aliphatic hydroxyl groups is 1. The summed E-state index contributed by atoms with van der Waals surface area (Å²) in [6.07, 6.45) is 7.24. The van der Waals surface area contributed by atoms with Crippen molar-refractivity contribution in [3.63, 3.8) is 0 Å². The van der Waals surface area contributed by atoms with E-state index >= 15 is 0 Å². The van der Waals surface area contributed by atoms with Crippen LogP contribution in [0.1, 0.15) is 48.3 Å². The van der Waals surface area contributed by atoms with Gasteiger partial charge in [0.05, 0.1) is 18.0 Å². The van der Waals surface area contributed by atoms with E-state index < -0.39 is 5.92 Å². The van der Waals surface area contributed by atoms with Crippen molar-refractivity contribution >= 4 is 12.0 Å². The Balaban J connectivity index is 1.55. The van der Waals surface area contributed by atoms with E-state index in [0.29, 0.717) is 18.7 Å². The van der Waals surface area contributed by atoms with Gasteiger partial charge in [-0.25, -0.2) is 0 Å². The maximum atomic E-state index is 13.8. The SMILES string of the molecule is C/C=C\c1ccc2n(c1=O)C[C@@H]1[C@@H](CO)[C@H](C(=O)N[C@H](C)c3ccccc3)[C@H]2N1Cc1cccnc1. The molecule has 2 bridgehead atoms. The summed E-state index contributed by atoms with van der Waals surface area (Å²) in [6.45, 7) is 4.74. The Kier molecular flexibility index (Phi) is 6.85. The first-order chi connectivity index (χ1) is 17.5. The molecule has 5 rings (SSSR count). The zero-order chi connectivity index (χ0) is 25.2. The molecule has 186 valence electrons. The molecule has 0 spiro atoms. The van der Waals surface area contributed by atoms with Crippen molar-refractivity contribution in [2.45, 2.75) is 45.1 Å². The Morgan fingerprint density at radius 2 is 2.00 bits per heavy atom. The van der Waals surface area contributed by atoms with Crippen LogP contribution in [0.15, 0.2) is 77.9 Å². The number of aromatic nitrogens is 2. The highest BCUT2D eigenvalue weighted by atomic mass is 16.3. The summed E-state index contributed by atoms with van der Waals surface area (Å²) >= 11 is 0. The van der Waals surface area contributed by atoms with Crippen LogP contribution in [-0.4, -0.2) is 38.1 Å². The fourth-order valence-corrected chi connectivity index (χ4v) is 5.90. The van der Waals surface area contributed by atoms with E-state index in [0.717, 1.165) is 16.8 Å². The number of nitrogens with zero attached hydrogens (tertiary/aromatic N) is 3. The van der Waals surface area contributed by atoms with E-state index in [-0.39, 0.29) is 42.1 Å². The van der Waals surface area contributed by atoms with Gasteiger partial charge in [-0.1, -0.05) is 48.6 Å². The van der Waals surface area contributed by atoms with Crippen molar-refractivity contribution in [2.75, 3.05) is 6.61 Å². The minimum absolute atomic E-state index is 0.0583. The largest absolute Gasteiger partial charge is 0.396 e. The number of pyridine rings is 2. The molecule has 1 amide bonds. The molecule has 7 nitrogen and oxygen atoms in total. The smallest absolute Gasteiger partial charge is 0.258 e. The minimum Gasteiger partial charge on any atom is -0.396 e. The van der Waals surface area contributed by atoms with E-state index in [9.17, 15) is 14.7 Å². The van der Waals surface area contributed by atoms with E-state index in [1.807, 2.05) is 86.8 Å². The Bertz CT molecular complexity index is 1310. The van der Waals surface area contributed by atoms with Gasteiger partial charge in [0.25, 0.3) is 5.56 Å². The molecule has 3 aromatic rings. The number of rotatable bonds is 7. The molecule has 7 heteroatoms. The standard InChI is InChI=1S/C29H32N4O3/c1-3-8-22-12-13-24-27-26(28(35)31-19(2)21-10-5-4-6-11-21)23(18-34)25(17-33(24)29(22)36)32(27)16-20-9-7-14-30-15-20/h3-15,19,23,25-27,34H,16-18H2,1-2H3,(H,31,35)/b8-3-/t19-,23-,25-,26+,27+/m1/s1. The second-order valence-corrected chi connectivity index (χ2v) is 9.69. The number of hydrogen-bond donors (Lipinski definition) is 2. The van der Waals surface area contributed by atoms with Gasteiger partial charge >= 0.3 is 0 Å². The third kappa shape index (κ3) is 4.29. The number of nitrogens with one attached hydrogen (secondary N) is 1. The molecule has 5 atom stereocenters. The van der Waals surface area contributed by atoms with Crippen LogP contribution < -0.4 is 10.9 Å². The lowest BCUT2D eigenvalue weighted by Crippen LogP contribution is -2.46. The van der Waals surface area contributed by atoms with Crippen molar-refractivity contribution in [2.24, 2.45) is 11.8 Å². The second kappa shape index (κ2) is 10.2. The van der Waals surface area contributed by atoms with Gasteiger partial charge in [0.2, 0.25) is 5.91 Å². The number of aliphatic hydroxyl groups excluding tert-OH is 1. The topological polar surface area (TPSA) is 87.5 Å². The summed E-state index contributed by atoms with van der Waals surface area (Å²) in [7, 11) is 0. The molecular weight excluding hydrogens is 452 g/mol. The minimum atomic E-state index is -0.497. The Morgan fingerprint density at radius 3 is 2.69 bits per heavy atom. The van der Waals surface area contributed by atoms with Crippen LogP contribution in [-0.2, 0) is 17.9 Å². The zero-order valence-electron chi connectivity index (χ0n) is 20.6. The number of carbonyl (C=O) groups excluding carboxylic acids is 1. The molecule has 2 aromatic heterocycles. The summed E-state index contributed by atoms with van der Waals surface area (Å²) in [4.78, 5) is 33.7. The molecular formula is C29H32N4O3. The van der Waals surface area contributed by atoms with E-state index in [1.54, 1.807) is 10.8 Å². The molecule has 4 heterocycles. The molecule has 36 heavy (non-hydrogen) atoms. The molecule has 0 radical (unpaired) electrons. The summed E-state index contributed by atoms with van der Waals surface area (Å²) in [6, 6.07) is 16.9. The van der Waals surface area contributed by atoms with Crippen LogP contribution in [0, 0.1) is 11.8 Å². The average molecular weight is 485 g/mol. The molecule has 2 aliphatic heterocycles. The summed E-state index contributed by atoms with van der Waals surface area (Å²) in [5.41, 5.74) is 3.44. The zero-order valence-corrected chi connectivity index (χ0v) is 20.6. The van der Waals surface area contributed by atoms with Crippen molar-refractivity contribution in [1.29, 1.82) is 0 Å². The van der Waals surface area contributed by atoms with Gasteiger partial charge in [0.15, 0.2) is 0 Å². The summed E-state index contributed by atoms with van der Waals surface area (Å²) in [5, 5.41) is 13.7. The normalized spacial score (nSPS) is 24.0. The maximum Gasteiger partial charge on any atom is 0.258 e. The highest BCUT2D eigenvalue weighted by Crippen LogP contribution is 2.49. The predicted octanol–water partition coefficient (Wildman–Crippen LogP) is 3.32. The molecule has 0 unspecified atom stereocenters. The fourth-order valence-electron chi connectivity index (χ4n) is 5.90. The third-order valence-electron chi connectivity index (χ3n) is 7.60. The first-order valence-electron chi connectivity index (χ1n) is 12.5. The monoisotopic (exact) mass is 484 g/mol. The van der Waals surface area contributed by atoms with E-state index in [1.165, 1.54) is 0 Å². The highest BCUT2D eigenvalue weighted by molar-refractivity contribution is 5.81. The number of allylic oxidation sites excluding steroid dienone is 1. The molecule has 2 aliphatic rings. The van der Waals surface area contributed by atoms with Gasteiger partial charge < -0.3 is 15.0 Å². The fraction of sp³-hybridized carbons (Fsp3) is 0.345. The summed E-state index contributed by atoms with van der Waals surface area (Å²) < 4.78 is 1.81. The van der Waals surface area contributed by atoms with Crippen molar-refractivity contribution in [3.05, 3.63) is 106 Å². The highest BCUT2D eigenvalue weighted by Gasteiger charge is 2.55. The van der Waals surface area contributed by atoms with Crippen molar-refractivity contribution in [1.82, 2.24) is 19.8 Å². The van der Waals surface area contributed by atoms with E-state index in [4.69, 9.17) is 0 Å². The van der Waals surface area contributed by atoms with Crippen molar-refractivity contribution < 1.29 is 9.90 Å². The van der Waals surface area contributed by atoms with E-state index in [2.05, 4.69) is 15.2 Å². The quantitative estimate of drug-likeness (QED) is 0.537. The van der Waals surface area contributed by atoms with Crippen LogP contribution in [0.5, 0.6) is 0 Å². The lowest BCUT2D eigenvalue weighted by molar-refractivity contribution is -0.128.